The summed E-state index contributed by atoms with van der Waals surface area (Å²) in [5, 5.41) is 4.74. The molecule has 7 heteroatoms. The van der Waals surface area contributed by atoms with E-state index in [4.69, 9.17) is 0 Å². The summed E-state index contributed by atoms with van der Waals surface area (Å²) in [6, 6.07) is 10.7. The van der Waals surface area contributed by atoms with Crippen molar-refractivity contribution in [1.29, 1.82) is 0 Å². The molecule has 1 atom stereocenters. The first-order valence-corrected chi connectivity index (χ1v) is 9.09. The molecule has 2 fully saturated rings. The molecular formula is C20H20N4O3. The van der Waals surface area contributed by atoms with Crippen molar-refractivity contribution in [3.63, 3.8) is 0 Å². The molecule has 2 aromatic rings. The van der Waals surface area contributed by atoms with E-state index < -0.39 is 6.04 Å². The maximum absolute atomic E-state index is 13.1. The number of carbonyl (C=O) groups is 3. The van der Waals surface area contributed by atoms with Crippen molar-refractivity contribution in [1.82, 2.24) is 15.1 Å². The van der Waals surface area contributed by atoms with E-state index >= 15 is 0 Å². The molecule has 138 valence electrons. The van der Waals surface area contributed by atoms with E-state index in [-0.39, 0.29) is 23.4 Å². The molecule has 0 bridgehead atoms. The van der Waals surface area contributed by atoms with Gasteiger partial charge in [-0.1, -0.05) is 24.3 Å². The molecule has 5 rings (SSSR count). The lowest BCUT2D eigenvalue weighted by molar-refractivity contribution is -0.142. The van der Waals surface area contributed by atoms with Gasteiger partial charge >= 0.3 is 6.03 Å². The number of urea groups is 1. The molecule has 27 heavy (non-hydrogen) atoms. The van der Waals surface area contributed by atoms with Gasteiger partial charge in [0.2, 0.25) is 5.91 Å². The second-order valence-electron chi connectivity index (χ2n) is 7.67. The van der Waals surface area contributed by atoms with Crippen molar-refractivity contribution >= 4 is 34.3 Å². The zero-order chi connectivity index (χ0) is 18.9. The Bertz CT molecular complexity index is 1010. The van der Waals surface area contributed by atoms with Crippen molar-refractivity contribution < 1.29 is 14.4 Å². The van der Waals surface area contributed by atoms with Gasteiger partial charge in [-0.05, 0) is 24.4 Å². The molecule has 3 aliphatic rings. The van der Waals surface area contributed by atoms with Crippen molar-refractivity contribution in [2.45, 2.75) is 18.5 Å². The minimum absolute atomic E-state index is 0.0912. The lowest BCUT2D eigenvalue weighted by atomic mass is 9.89. The van der Waals surface area contributed by atoms with Crippen LogP contribution in [0, 0.1) is 0 Å². The Morgan fingerprint density at radius 2 is 1.85 bits per heavy atom. The third-order valence-corrected chi connectivity index (χ3v) is 6.20. The summed E-state index contributed by atoms with van der Waals surface area (Å²) in [6.45, 7) is 3.31. The van der Waals surface area contributed by atoms with Gasteiger partial charge in [-0.3, -0.25) is 14.5 Å². The van der Waals surface area contributed by atoms with Gasteiger partial charge in [0.25, 0.3) is 5.91 Å². The third-order valence-electron chi connectivity index (χ3n) is 6.20. The average molecular weight is 364 g/mol. The highest BCUT2D eigenvalue weighted by molar-refractivity contribution is 6.26. The first-order chi connectivity index (χ1) is 12.9. The van der Waals surface area contributed by atoms with Gasteiger partial charge in [-0.15, -0.1) is 0 Å². The highest BCUT2D eigenvalue weighted by Crippen LogP contribution is 2.39. The van der Waals surface area contributed by atoms with Gasteiger partial charge in [-0.25, -0.2) is 4.79 Å². The van der Waals surface area contributed by atoms with E-state index in [9.17, 15) is 14.4 Å². The van der Waals surface area contributed by atoms with E-state index in [0.29, 0.717) is 25.2 Å². The Kier molecular flexibility index (Phi) is 3.11. The summed E-state index contributed by atoms with van der Waals surface area (Å²) < 4.78 is 0. The molecule has 2 saturated heterocycles. The smallest absolute Gasteiger partial charge is 0.317 e. The van der Waals surface area contributed by atoms with Gasteiger partial charge in [0.1, 0.15) is 6.04 Å². The Hall–Kier alpha value is -3.09. The van der Waals surface area contributed by atoms with Crippen LogP contribution in [0.4, 0.5) is 10.5 Å². The zero-order valence-electron chi connectivity index (χ0n) is 15.2. The fourth-order valence-electron chi connectivity index (χ4n) is 4.54. The molecule has 0 aliphatic carbocycles. The van der Waals surface area contributed by atoms with Crippen LogP contribution < -0.4 is 10.2 Å². The topological polar surface area (TPSA) is 73.0 Å². The van der Waals surface area contributed by atoms with Crippen molar-refractivity contribution in [2.75, 3.05) is 31.6 Å². The first-order valence-electron chi connectivity index (χ1n) is 9.09. The highest BCUT2D eigenvalue weighted by Gasteiger charge is 2.54. The number of amides is 4. The van der Waals surface area contributed by atoms with Crippen LogP contribution in [0.1, 0.15) is 17.3 Å². The summed E-state index contributed by atoms with van der Waals surface area (Å²) in [5.41, 5.74) is 1.12. The number of likely N-dealkylation sites (tertiary alicyclic amines) is 1. The molecule has 1 spiro atoms. The molecule has 0 radical (unpaired) electrons. The first kappa shape index (κ1) is 16.1. The minimum atomic E-state index is -0.594. The standard InChI is InChI=1S/C20H20N4O3/c1-12(17(25)23-10-20(11-23)9-21-19(27)22(20)2)24-15-8-4-6-13-5-3-7-14(16(13)15)18(24)26/h3-8,12H,9-11H2,1-2H3,(H,21,27). The molecule has 3 heterocycles. The monoisotopic (exact) mass is 364 g/mol. The van der Waals surface area contributed by atoms with Gasteiger partial charge in [-0.2, -0.15) is 0 Å². The molecule has 7 nitrogen and oxygen atoms in total. The fraction of sp³-hybridized carbons (Fsp3) is 0.350. The van der Waals surface area contributed by atoms with E-state index in [1.165, 1.54) is 0 Å². The van der Waals surface area contributed by atoms with Crippen LogP contribution in [-0.2, 0) is 4.79 Å². The number of anilines is 1. The Morgan fingerprint density at radius 3 is 2.52 bits per heavy atom. The van der Waals surface area contributed by atoms with E-state index in [1.54, 1.807) is 28.7 Å². The summed E-state index contributed by atoms with van der Waals surface area (Å²) in [6.07, 6.45) is 0. The SMILES string of the molecule is CC(C(=O)N1CC2(CNC(=O)N2C)C1)N1C(=O)c2cccc3cccc1c23. The van der Waals surface area contributed by atoms with E-state index in [2.05, 4.69) is 5.32 Å². The maximum Gasteiger partial charge on any atom is 0.317 e. The number of likely N-dealkylation sites (N-methyl/N-ethyl adjacent to an activating group) is 1. The molecule has 0 aromatic heterocycles. The van der Waals surface area contributed by atoms with Gasteiger partial charge in [0, 0.05) is 37.6 Å². The van der Waals surface area contributed by atoms with Crippen molar-refractivity contribution in [3.8, 4) is 0 Å². The highest BCUT2D eigenvalue weighted by atomic mass is 16.2. The number of nitrogens with one attached hydrogen (secondary N) is 1. The predicted molar refractivity (Wildman–Crippen MR) is 101 cm³/mol. The number of carbonyl (C=O) groups excluding carboxylic acids is 3. The molecule has 4 amide bonds. The summed E-state index contributed by atoms with van der Waals surface area (Å²) in [5.74, 6) is -0.223. The number of hydrogen-bond acceptors (Lipinski definition) is 3. The number of hydrogen-bond donors (Lipinski definition) is 1. The Labute approximate surface area is 156 Å². The largest absolute Gasteiger partial charge is 0.336 e. The number of nitrogens with zero attached hydrogens (tertiary/aromatic N) is 3. The fourth-order valence-corrected chi connectivity index (χ4v) is 4.54. The lowest BCUT2D eigenvalue weighted by Gasteiger charge is -2.51. The molecule has 3 aliphatic heterocycles. The van der Waals surface area contributed by atoms with Crippen LogP contribution in [0.25, 0.3) is 10.8 Å². The van der Waals surface area contributed by atoms with Crippen molar-refractivity contribution in [2.24, 2.45) is 0 Å². The van der Waals surface area contributed by atoms with Crippen LogP contribution in [0.15, 0.2) is 36.4 Å². The molecular weight excluding hydrogens is 344 g/mol. The average Bonchev–Trinajstić information content (AvgIpc) is 3.10. The molecule has 1 unspecified atom stereocenters. The van der Waals surface area contributed by atoms with Crippen LogP contribution in [-0.4, -0.2) is 65.9 Å². The summed E-state index contributed by atoms with van der Waals surface area (Å²) in [4.78, 5) is 42.8. The van der Waals surface area contributed by atoms with E-state index in [0.717, 1.165) is 16.5 Å². The van der Waals surface area contributed by atoms with Gasteiger partial charge in [0.05, 0.1) is 11.2 Å². The second-order valence-corrected chi connectivity index (χ2v) is 7.67. The quantitative estimate of drug-likeness (QED) is 0.876. The zero-order valence-corrected chi connectivity index (χ0v) is 15.2. The van der Waals surface area contributed by atoms with Crippen molar-refractivity contribution in [3.05, 3.63) is 42.0 Å². The van der Waals surface area contributed by atoms with Crippen LogP contribution in [0.2, 0.25) is 0 Å². The van der Waals surface area contributed by atoms with Gasteiger partial charge in [0.15, 0.2) is 0 Å². The third kappa shape index (κ3) is 1.99. The predicted octanol–water partition coefficient (Wildman–Crippen LogP) is 1.42. The lowest BCUT2D eigenvalue weighted by Crippen LogP contribution is -2.71. The number of rotatable bonds is 2. The molecule has 0 saturated carbocycles. The van der Waals surface area contributed by atoms with Gasteiger partial charge < -0.3 is 15.1 Å². The second kappa shape index (κ2) is 5.22. The normalized spacial score (nSPS) is 21.0. The summed E-state index contributed by atoms with van der Waals surface area (Å²) >= 11 is 0. The Balaban J connectivity index is 1.40. The van der Waals surface area contributed by atoms with Crippen LogP contribution >= 0.6 is 0 Å². The molecule has 1 N–H and O–H groups in total. The van der Waals surface area contributed by atoms with E-state index in [1.807, 2.05) is 36.4 Å². The number of benzene rings is 2. The minimum Gasteiger partial charge on any atom is -0.336 e. The van der Waals surface area contributed by atoms with Crippen LogP contribution in [0.3, 0.4) is 0 Å². The molecule has 2 aromatic carbocycles. The Morgan fingerprint density at radius 1 is 1.15 bits per heavy atom. The maximum atomic E-state index is 13.1. The summed E-state index contributed by atoms with van der Waals surface area (Å²) in [7, 11) is 1.76. The van der Waals surface area contributed by atoms with Crippen LogP contribution in [0.5, 0.6) is 0 Å².